The minimum absolute atomic E-state index is 0.230. The molecule has 4 heteroatoms. The maximum Gasteiger partial charge on any atom is 0.126 e. The van der Waals surface area contributed by atoms with E-state index in [0.29, 0.717) is 5.56 Å². The molecule has 0 amide bonds. The van der Waals surface area contributed by atoms with E-state index in [9.17, 15) is 4.39 Å². The van der Waals surface area contributed by atoms with Gasteiger partial charge < -0.3 is 0 Å². The van der Waals surface area contributed by atoms with Crippen molar-refractivity contribution < 1.29 is 4.39 Å². The van der Waals surface area contributed by atoms with Gasteiger partial charge in [0.25, 0.3) is 0 Å². The van der Waals surface area contributed by atoms with E-state index in [1.807, 2.05) is 36.4 Å². The Bertz CT molecular complexity index is 781. The molecule has 21 heavy (non-hydrogen) atoms. The maximum atomic E-state index is 13.8. The summed E-state index contributed by atoms with van der Waals surface area (Å²) in [6.45, 7) is 1.74. The zero-order chi connectivity index (χ0) is 14.8. The van der Waals surface area contributed by atoms with Crippen LogP contribution in [-0.4, -0.2) is 4.98 Å². The van der Waals surface area contributed by atoms with Crippen LogP contribution in [0.2, 0.25) is 0 Å². The van der Waals surface area contributed by atoms with E-state index in [2.05, 4.69) is 10.4 Å². The van der Waals surface area contributed by atoms with Gasteiger partial charge in [-0.1, -0.05) is 30.3 Å². The van der Waals surface area contributed by atoms with Gasteiger partial charge in [-0.2, -0.15) is 0 Å². The van der Waals surface area contributed by atoms with Crippen molar-refractivity contribution >= 4 is 10.9 Å². The van der Waals surface area contributed by atoms with Crippen molar-refractivity contribution in [3.8, 4) is 0 Å². The SMILES string of the molecule is Cc1ccc(C(NN)c2ccnc3ccccc23)cc1F. The van der Waals surface area contributed by atoms with Gasteiger partial charge in [-0.05, 0) is 41.8 Å². The molecule has 3 rings (SSSR count). The molecule has 2 aromatic carbocycles. The highest BCUT2D eigenvalue weighted by Crippen LogP contribution is 2.28. The standard InChI is InChI=1S/C17H16FN3/c1-11-6-7-12(10-15(11)18)17(21-19)14-8-9-20-16-5-3-2-4-13(14)16/h2-10,17,21H,19H2,1H3. The Morgan fingerprint density at radius 3 is 2.71 bits per heavy atom. The first-order chi connectivity index (χ1) is 10.2. The predicted octanol–water partition coefficient (Wildman–Crippen LogP) is 3.24. The lowest BCUT2D eigenvalue weighted by molar-refractivity contribution is 0.600. The molecule has 0 aliphatic rings. The summed E-state index contributed by atoms with van der Waals surface area (Å²) in [4.78, 5) is 4.34. The largest absolute Gasteiger partial charge is 0.271 e. The minimum atomic E-state index is -0.284. The summed E-state index contributed by atoms with van der Waals surface area (Å²) in [5, 5.41) is 1.00. The highest BCUT2D eigenvalue weighted by molar-refractivity contribution is 5.82. The Hall–Kier alpha value is -2.30. The zero-order valence-electron chi connectivity index (χ0n) is 11.7. The number of nitrogens with two attached hydrogens (primary N) is 1. The fourth-order valence-corrected chi connectivity index (χ4v) is 2.52. The van der Waals surface area contributed by atoms with Gasteiger partial charge >= 0.3 is 0 Å². The van der Waals surface area contributed by atoms with Crippen LogP contribution in [0.3, 0.4) is 0 Å². The van der Waals surface area contributed by atoms with Crippen LogP contribution in [0.25, 0.3) is 10.9 Å². The molecule has 3 aromatic rings. The third-order valence-corrected chi connectivity index (χ3v) is 3.69. The number of pyridine rings is 1. The highest BCUT2D eigenvalue weighted by atomic mass is 19.1. The zero-order valence-corrected chi connectivity index (χ0v) is 11.7. The third kappa shape index (κ3) is 2.51. The van der Waals surface area contributed by atoms with Gasteiger partial charge in [0.1, 0.15) is 5.82 Å². The summed E-state index contributed by atoms with van der Waals surface area (Å²) < 4.78 is 13.8. The number of nitrogens with zero attached hydrogens (tertiary/aromatic N) is 1. The molecular weight excluding hydrogens is 265 g/mol. The van der Waals surface area contributed by atoms with Gasteiger partial charge in [0.2, 0.25) is 0 Å². The van der Waals surface area contributed by atoms with Crippen LogP contribution in [0, 0.1) is 12.7 Å². The first-order valence-corrected chi connectivity index (χ1v) is 6.76. The summed E-state index contributed by atoms with van der Waals surface area (Å²) in [6.07, 6.45) is 1.74. The van der Waals surface area contributed by atoms with E-state index in [1.54, 1.807) is 19.2 Å². The summed E-state index contributed by atoms with van der Waals surface area (Å²) in [7, 11) is 0. The number of hydrazine groups is 1. The lowest BCUT2D eigenvalue weighted by Gasteiger charge is -2.19. The van der Waals surface area contributed by atoms with Crippen LogP contribution in [-0.2, 0) is 0 Å². The minimum Gasteiger partial charge on any atom is -0.271 e. The molecule has 0 aliphatic heterocycles. The molecule has 0 radical (unpaired) electrons. The Kier molecular flexibility index (Phi) is 3.64. The van der Waals surface area contributed by atoms with Gasteiger partial charge in [0.05, 0.1) is 11.6 Å². The number of aromatic nitrogens is 1. The lowest BCUT2D eigenvalue weighted by atomic mass is 9.95. The molecule has 0 spiro atoms. The second-order valence-electron chi connectivity index (χ2n) is 5.03. The molecule has 106 valence electrons. The molecule has 0 bridgehead atoms. The molecule has 1 atom stereocenters. The van der Waals surface area contributed by atoms with Crippen LogP contribution in [0.15, 0.2) is 54.7 Å². The second-order valence-corrected chi connectivity index (χ2v) is 5.03. The summed E-state index contributed by atoms with van der Waals surface area (Å²) in [5.74, 6) is 5.49. The number of fused-ring (bicyclic) bond motifs is 1. The Morgan fingerprint density at radius 2 is 1.95 bits per heavy atom. The molecule has 0 saturated heterocycles. The number of nitrogens with one attached hydrogen (secondary N) is 1. The third-order valence-electron chi connectivity index (χ3n) is 3.69. The molecule has 1 aromatic heterocycles. The number of halogens is 1. The Morgan fingerprint density at radius 1 is 1.14 bits per heavy atom. The van der Waals surface area contributed by atoms with Crippen molar-refractivity contribution in [1.82, 2.24) is 10.4 Å². The van der Waals surface area contributed by atoms with Crippen molar-refractivity contribution in [2.45, 2.75) is 13.0 Å². The van der Waals surface area contributed by atoms with E-state index >= 15 is 0 Å². The second kappa shape index (κ2) is 5.60. The number of para-hydroxylation sites is 1. The van der Waals surface area contributed by atoms with Crippen molar-refractivity contribution in [2.75, 3.05) is 0 Å². The molecular formula is C17H16FN3. The van der Waals surface area contributed by atoms with Crippen LogP contribution in [0.1, 0.15) is 22.7 Å². The number of aryl methyl sites for hydroxylation is 1. The fourth-order valence-electron chi connectivity index (χ4n) is 2.52. The van der Waals surface area contributed by atoms with Crippen LogP contribution in [0.4, 0.5) is 4.39 Å². The van der Waals surface area contributed by atoms with Gasteiger partial charge in [-0.15, -0.1) is 0 Å². The van der Waals surface area contributed by atoms with E-state index in [1.165, 1.54) is 6.07 Å². The summed E-state index contributed by atoms with van der Waals surface area (Å²) >= 11 is 0. The molecule has 1 heterocycles. The molecule has 3 nitrogen and oxygen atoms in total. The van der Waals surface area contributed by atoms with Gasteiger partial charge in [0.15, 0.2) is 0 Å². The normalized spacial score (nSPS) is 12.5. The number of rotatable bonds is 3. The predicted molar refractivity (Wildman–Crippen MR) is 82.0 cm³/mol. The summed E-state index contributed by atoms with van der Waals surface area (Å²) in [6, 6.07) is 14.6. The van der Waals surface area contributed by atoms with Gasteiger partial charge in [-0.25, -0.2) is 9.82 Å². The van der Waals surface area contributed by atoms with Crippen LogP contribution in [0.5, 0.6) is 0 Å². The maximum absolute atomic E-state index is 13.8. The number of hydrogen-bond donors (Lipinski definition) is 2. The van der Waals surface area contributed by atoms with Crippen molar-refractivity contribution in [3.63, 3.8) is 0 Å². The average Bonchev–Trinajstić information content (AvgIpc) is 2.52. The van der Waals surface area contributed by atoms with Gasteiger partial charge in [-0.3, -0.25) is 10.8 Å². The number of benzene rings is 2. The Balaban J connectivity index is 2.16. The van der Waals surface area contributed by atoms with Crippen molar-refractivity contribution in [3.05, 3.63) is 77.2 Å². The molecule has 0 aliphatic carbocycles. The quantitative estimate of drug-likeness (QED) is 0.572. The van der Waals surface area contributed by atoms with E-state index in [4.69, 9.17) is 5.84 Å². The highest BCUT2D eigenvalue weighted by Gasteiger charge is 2.16. The molecule has 1 unspecified atom stereocenters. The number of hydrogen-bond acceptors (Lipinski definition) is 3. The van der Waals surface area contributed by atoms with E-state index in [-0.39, 0.29) is 11.9 Å². The fraction of sp³-hybridized carbons (Fsp3) is 0.118. The lowest BCUT2D eigenvalue weighted by Crippen LogP contribution is -2.29. The van der Waals surface area contributed by atoms with Crippen molar-refractivity contribution in [1.29, 1.82) is 0 Å². The smallest absolute Gasteiger partial charge is 0.126 e. The van der Waals surface area contributed by atoms with Crippen LogP contribution >= 0.6 is 0 Å². The van der Waals surface area contributed by atoms with E-state index in [0.717, 1.165) is 22.0 Å². The van der Waals surface area contributed by atoms with Crippen molar-refractivity contribution in [2.24, 2.45) is 5.84 Å². The Labute approximate surface area is 122 Å². The first kappa shape index (κ1) is 13.7. The molecule has 3 N–H and O–H groups in total. The van der Waals surface area contributed by atoms with Crippen LogP contribution < -0.4 is 11.3 Å². The monoisotopic (exact) mass is 281 g/mol. The summed E-state index contributed by atoms with van der Waals surface area (Å²) in [5.41, 5.74) is 6.06. The molecule has 0 saturated carbocycles. The molecule has 0 fully saturated rings. The first-order valence-electron chi connectivity index (χ1n) is 6.76. The van der Waals surface area contributed by atoms with Gasteiger partial charge in [0, 0.05) is 11.6 Å². The average molecular weight is 281 g/mol. The van der Waals surface area contributed by atoms with E-state index < -0.39 is 0 Å². The topological polar surface area (TPSA) is 50.9 Å².